The van der Waals surface area contributed by atoms with Gasteiger partial charge in [-0.15, -0.1) is 0 Å². The van der Waals surface area contributed by atoms with Crippen LogP contribution in [-0.4, -0.2) is 43.4 Å². The molecule has 1 amide bonds. The molecule has 0 radical (unpaired) electrons. The summed E-state index contributed by atoms with van der Waals surface area (Å²) in [6.07, 6.45) is 8.70. The zero-order valence-corrected chi connectivity index (χ0v) is 12.9. The lowest BCUT2D eigenvalue weighted by Gasteiger charge is -2.36. The molecule has 0 saturated carbocycles. The van der Waals surface area contributed by atoms with Crippen molar-refractivity contribution in [3.05, 3.63) is 48.4 Å². The van der Waals surface area contributed by atoms with Gasteiger partial charge in [0.05, 0.1) is 29.9 Å². The molecule has 23 heavy (non-hydrogen) atoms. The summed E-state index contributed by atoms with van der Waals surface area (Å²) in [5.74, 6) is 0.0915. The highest BCUT2D eigenvalue weighted by Gasteiger charge is 2.28. The lowest BCUT2D eigenvalue weighted by molar-refractivity contribution is 0.0586. The summed E-state index contributed by atoms with van der Waals surface area (Å²) < 4.78 is 1.91. The number of rotatable bonds is 3. The predicted octanol–water partition coefficient (Wildman–Crippen LogP) is 2.45. The molecule has 3 aromatic rings. The van der Waals surface area contributed by atoms with Crippen LogP contribution in [0.3, 0.4) is 0 Å². The fourth-order valence-electron chi connectivity index (χ4n) is 3.39. The molecule has 4 rings (SSSR count). The van der Waals surface area contributed by atoms with E-state index >= 15 is 0 Å². The van der Waals surface area contributed by atoms with Crippen molar-refractivity contribution < 1.29 is 4.79 Å². The molecule has 0 bridgehead atoms. The van der Waals surface area contributed by atoms with E-state index in [0.717, 1.165) is 48.8 Å². The van der Waals surface area contributed by atoms with Crippen molar-refractivity contribution in [3.8, 4) is 0 Å². The van der Waals surface area contributed by atoms with Crippen molar-refractivity contribution in [1.29, 1.82) is 0 Å². The summed E-state index contributed by atoms with van der Waals surface area (Å²) in [5.41, 5.74) is 1.63. The summed E-state index contributed by atoms with van der Waals surface area (Å²) in [6, 6.07) is 7.84. The number of nitrogens with zero attached hydrogens (tertiary/aromatic N) is 4. The second-order valence-electron chi connectivity index (χ2n) is 6.01. The number of nitrogens with one attached hydrogen (secondary N) is 1. The van der Waals surface area contributed by atoms with Crippen LogP contribution in [0.5, 0.6) is 0 Å². The first-order chi connectivity index (χ1) is 11.3. The van der Waals surface area contributed by atoms with Gasteiger partial charge < -0.3 is 4.90 Å². The largest absolute Gasteiger partial charge is 0.334 e. The first kappa shape index (κ1) is 14.0. The molecule has 118 valence electrons. The maximum absolute atomic E-state index is 13.1. The van der Waals surface area contributed by atoms with E-state index in [-0.39, 0.29) is 11.9 Å². The molecule has 1 aromatic carbocycles. The summed E-state index contributed by atoms with van der Waals surface area (Å²) in [6.45, 7) is 1.55. The highest BCUT2D eigenvalue weighted by molar-refractivity contribution is 6.06. The number of carbonyl (C=O) groups excluding carboxylic acids is 1. The molecule has 6 heteroatoms. The maximum Gasteiger partial charge on any atom is 0.254 e. The van der Waals surface area contributed by atoms with Crippen molar-refractivity contribution in [2.24, 2.45) is 0 Å². The van der Waals surface area contributed by atoms with Crippen molar-refractivity contribution in [2.45, 2.75) is 31.8 Å². The number of aromatic amines is 1. The number of amides is 1. The van der Waals surface area contributed by atoms with Gasteiger partial charge in [0.25, 0.3) is 5.91 Å². The predicted molar refractivity (Wildman–Crippen MR) is 87.0 cm³/mol. The lowest BCUT2D eigenvalue weighted by atomic mass is 10.00. The molecule has 1 fully saturated rings. The van der Waals surface area contributed by atoms with Crippen LogP contribution in [0.25, 0.3) is 10.9 Å². The van der Waals surface area contributed by atoms with E-state index in [4.69, 9.17) is 0 Å². The van der Waals surface area contributed by atoms with Crippen molar-refractivity contribution in [3.63, 3.8) is 0 Å². The fraction of sp³-hybridized carbons (Fsp3) is 0.353. The number of carbonyl (C=O) groups is 1. The first-order valence-corrected chi connectivity index (χ1v) is 8.03. The Balaban J connectivity index is 1.63. The van der Waals surface area contributed by atoms with Gasteiger partial charge in [0, 0.05) is 24.3 Å². The van der Waals surface area contributed by atoms with Crippen molar-refractivity contribution in [2.75, 3.05) is 6.54 Å². The zero-order valence-electron chi connectivity index (χ0n) is 12.9. The van der Waals surface area contributed by atoms with Gasteiger partial charge in [-0.25, -0.2) is 0 Å². The Hall–Kier alpha value is -2.63. The zero-order chi connectivity index (χ0) is 15.6. The molecule has 1 aliphatic rings. The normalized spacial score (nSPS) is 18.4. The third kappa shape index (κ3) is 2.60. The quantitative estimate of drug-likeness (QED) is 0.808. The Morgan fingerprint density at radius 3 is 3.13 bits per heavy atom. The molecule has 6 nitrogen and oxygen atoms in total. The molecule has 1 atom stereocenters. The van der Waals surface area contributed by atoms with Crippen LogP contribution in [0.15, 0.2) is 42.9 Å². The molecule has 1 saturated heterocycles. The Bertz CT molecular complexity index is 807. The SMILES string of the molecule is O=C(c1cccc2[nH]ncc12)N1CCCCC1Cn1cccn1. The maximum atomic E-state index is 13.1. The Morgan fingerprint density at radius 2 is 2.26 bits per heavy atom. The third-order valence-corrected chi connectivity index (χ3v) is 4.56. The second kappa shape index (κ2) is 5.87. The topological polar surface area (TPSA) is 66.8 Å². The molecule has 0 spiro atoms. The van der Waals surface area contributed by atoms with Crippen LogP contribution in [-0.2, 0) is 6.54 Å². The number of aromatic nitrogens is 4. The third-order valence-electron chi connectivity index (χ3n) is 4.56. The number of hydrogen-bond acceptors (Lipinski definition) is 3. The average molecular weight is 309 g/mol. The van der Waals surface area contributed by atoms with Crippen LogP contribution >= 0.6 is 0 Å². The van der Waals surface area contributed by atoms with Crippen LogP contribution in [0.2, 0.25) is 0 Å². The Labute approximate surface area is 134 Å². The number of fused-ring (bicyclic) bond motifs is 1. The Kier molecular flexibility index (Phi) is 3.57. The number of likely N-dealkylation sites (tertiary alicyclic amines) is 1. The monoisotopic (exact) mass is 309 g/mol. The number of piperidine rings is 1. The molecular formula is C17H19N5O. The minimum absolute atomic E-state index is 0.0915. The number of benzene rings is 1. The molecular weight excluding hydrogens is 290 g/mol. The van der Waals surface area contributed by atoms with Crippen molar-refractivity contribution in [1.82, 2.24) is 24.9 Å². The van der Waals surface area contributed by atoms with Gasteiger partial charge in [0.1, 0.15) is 0 Å². The van der Waals surface area contributed by atoms with Crippen LogP contribution < -0.4 is 0 Å². The average Bonchev–Trinajstić information content (AvgIpc) is 3.25. The van der Waals surface area contributed by atoms with E-state index in [9.17, 15) is 4.79 Å². The van der Waals surface area contributed by atoms with E-state index in [2.05, 4.69) is 15.3 Å². The van der Waals surface area contributed by atoms with Gasteiger partial charge in [-0.05, 0) is 37.5 Å². The van der Waals surface area contributed by atoms with Gasteiger partial charge in [-0.3, -0.25) is 14.6 Å². The van der Waals surface area contributed by atoms with Crippen LogP contribution in [0, 0.1) is 0 Å². The van der Waals surface area contributed by atoms with Gasteiger partial charge in [-0.1, -0.05) is 6.07 Å². The van der Waals surface area contributed by atoms with Crippen LogP contribution in [0.1, 0.15) is 29.6 Å². The molecule has 1 aliphatic heterocycles. The van der Waals surface area contributed by atoms with Gasteiger partial charge in [-0.2, -0.15) is 10.2 Å². The molecule has 1 N–H and O–H groups in total. The summed E-state index contributed by atoms with van der Waals surface area (Å²) >= 11 is 0. The van der Waals surface area contributed by atoms with Gasteiger partial charge in [0.15, 0.2) is 0 Å². The van der Waals surface area contributed by atoms with Gasteiger partial charge in [0.2, 0.25) is 0 Å². The van der Waals surface area contributed by atoms with E-state index < -0.39 is 0 Å². The summed E-state index contributed by atoms with van der Waals surface area (Å²) in [5, 5.41) is 12.2. The minimum atomic E-state index is 0.0915. The van der Waals surface area contributed by atoms with Gasteiger partial charge >= 0.3 is 0 Å². The fourth-order valence-corrected chi connectivity index (χ4v) is 3.39. The molecule has 0 aliphatic carbocycles. The minimum Gasteiger partial charge on any atom is -0.334 e. The van der Waals surface area contributed by atoms with E-state index in [0.29, 0.717) is 0 Å². The Morgan fingerprint density at radius 1 is 1.30 bits per heavy atom. The highest BCUT2D eigenvalue weighted by Crippen LogP contribution is 2.24. The van der Waals surface area contributed by atoms with E-state index in [1.807, 2.05) is 40.0 Å². The molecule has 2 aromatic heterocycles. The standard InChI is InChI=1S/C17H19N5O/c23-17(14-6-3-7-16-15(14)11-18-20-16)22-10-2-1-5-13(22)12-21-9-4-8-19-21/h3-4,6-9,11,13H,1-2,5,10,12H2,(H,18,20). The second-order valence-corrected chi connectivity index (χ2v) is 6.01. The smallest absolute Gasteiger partial charge is 0.254 e. The van der Waals surface area contributed by atoms with Crippen LogP contribution in [0.4, 0.5) is 0 Å². The number of hydrogen-bond donors (Lipinski definition) is 1. The van der Waals surface area contributed by atoms with E-state index in [1.54, 1.807) is 12.4 Å². The number of H-pyrrole nitrogens is 1. The lowest BCUT2D eigenvalue weighted by Crippen LogP contribution is -2.46. The summed E-state index contributed by atoms with van der Waals surface area (Å²) in [7, 11) is 0. The van der Waals surface area contributed by atoms with Crippen molar-refractivity contribution >= 4 is 16.8 Å². The molecule has 3 heterocycles. The summed E-state index contributed by atoms with van der Waals surface area (Å²) in [4.78, 5) is 15.1. The van der Waals surface area contributed by atoms with E-state index in [1.165, 1.54) is 0 Å². The first-order valence-electron chi connectivity index (χ1n) is 8.03. The highest BCUT2D eigenvalue weighted by atomic mass is 16.2. The molecule has 1 unspecified atom stereocenters.